The number of alkyl halides is 3. The summed E-state index contributed by atoms with van der Waals surface area (Å²) in [4.78, 5) is 0. The Balaban J connectivity index is 0. The van der Waals surface area contributed by atoms with Gasteiger partial charge >= 0.3 is 6.18 Å². The van der Waals surface area contributed by atoms with Gasteiger partial charge in [-0.15, -0.1) is 6.58 Å². The third-order valence-electron chi connectivity index (χ3n) is 8.28. The van der Waals surface area contributed by atoms with Crippen molar-refractivity contribution in [3.8, 4) is 0 Å². The fourth-order valence-electron chi connectivity index (χ4n) is 5.44. The Labute approximate surface area is 278 Å². The van der Waals surface area contributed by atoms with E-state index in [1.54, 1.807) is 6.08 Å². The van der Waals surface area contributed by atoms with Crippen LogP contribution in [0.4, 0.5) is 13.2 Å². The van der Waals surface area contributed by atoms with E-state index in [1.807, 2.05) is 0 Å². The van der Waals surface area contributed by atoms with Crippen molar-refractivity contribution in [2.24, 2.45) is 5.73 Å². The van der Waals surface area contributed by atoms with E-state index < -0.39 is 22.7 Å². The van der Waals surface area contributed by atoms with Crippen LogP contribution in [0.1, 0.15) is 200 Å². The van der Waals surface area contributed by atoms with Crippen LogP contribution < -0.4 is 5.73 Å². The minimum Gasteiger partial charge on any atom is -0.327 e. The van der Waals surface area contributed by atoms with Crippen molar-refractivity contribution in [3.05, 3.63) is 12.7 Å². The molecule has 0 heterocycles. The summed E-state index contributed by atoms with van der Waals surface area (Å²) in [5.74, 6) is 0.0673. The van der Waals surface area contributed by atoms with E-state index >= 15 is 0 Å². The van der Waals surface area contributed by atoms with Crippen LogP contribution in [0.5, 0.6) is 0 Å². The fraction of sp³-hybridized carbons (Fsp3) is 0.946. The van der Waals surface area contributed by atoms with Crippen molar-refractivity contribution in [2.75, 3.05) is 18.9 Å². The van der Waals surface area contributed by atoms with Crippen LogP contribution in [0.3, 0.4) is 0 Å². The lowest BCUT2D eigenvalue weighted by Crippen LogP contribution is -2.11. The van der Waals surface area contributed by atoms with Crippen molar-refractivity contribution in [1.29, 1.82) is 0 Å². The first-order chi connectivity index (χ1) is 21.7. The van der Waals surface area contributed by atoms with Gasteiger partial charge in [-0.25, -0.2) is 0 Å². The molecule has 0 rings (SSSR count). The fourth-order valence-corrected chi connectivity index (χ4v) is 6.49. The number of hydrogen-bond donors (Lipinski definition) is 1. The third-order valence-corrected chi connectivity index (χ3v) is 9.60. The molecule has 272 valence electrons. The Bertz CT molecular complexity index is 687. The van der Waals surface area contributed by atoms with Crippen molar-refractivity contribution in [2.45, 2.75) is 206 Å². The lowest BCUT2D eigenvalue weighted by Gasteiger charge is -2.07. The number of nitrogens with two attached hydrogens (primary N) is 1. The van der Waals surface area contributed by atoms with Crippen LogP contribution in [0.25, 0.3) is 0 Å². The number of hydrogen-bond acceptors (Lipinski definition) is 4. The van der Waals surface area contributed by atoms with Gasteiger partial charge in [0.25, 0.3) is 10.1 Å². The molecule has 0 aliphatic rings. The second-order valence-corrected chi connectivity index (χ2v) is 14.6. The summed E-state index contributed by atoms with van der Waals surface area (Å²) in [6, 6.07) is 0. The molecule has 0 aromatic carbocycles. The Morgan fingerprint density at radius 3 is 1.16 bits per heavy atom. The highest BCUT2D eigenvalue weighted by Gasteiger charge is 2.25. The minimum atomic E-state index is -4.04. The normalized spacial score (nSPS) is 11.8. The van der Waals surface area contributed by atoms with Gasteiger partial charge < -0.3 is 5.73 Å². The highest BCUT2D eigenvalue weighted by Crippen LogP contribution is 2.23. The van der Waals surface area contributed by atoms with Crippen LogP contribution in [0, 0.1) is 0 Å². The predicted molar refractivity (Wildman–Crippen MR) is 189 cm³/mol. The second kappa shape index (κ2) is 36.2. The Morgan fingerprint density at radius 2 is 0.844 bits per heavy atom. The lowest BCUT2D eigenvalue weighted by atomic mass is 10.0. The summed E-state index contributed by atoms with van der Waals surface area (Å²) in [5.41, 5.74) is 4.91. The van der Waals surface area contributed by atoms with Crippen LogP contribution in [0.15, 0.2) is 12.7 Å². The van der Waals surface area contributed by atoms with Crippen molar-refractivity contribution in [1.82, 2.24) is 0 Å². The molecule has 0 amide bonds. The molecule has 0 spiro atoms. The van der Waals surface area contributed by atoms with Gasteiger partial charge in [-0.3, -0.25) is 4.18 Å². The average Bonchev–Trinajstić information content (AvgIpc) is 3.00. The number of rotatable bonds is 34. The van der Waals surface area contributed by atoms with E-state index in [0.717, 1.165) is 51.4 Å². The van der Waals surface area contributed by atoms with E-state index in [9.17, 15) is 21.6 Å². The van der Waals surface area contributed by atoms with Crippen LogP contribution in [-0.2, 0) is 14.3 Å². The van der Waals surface area contributed by atoms with E-state index in [1.165, 1.54) is 116 Å². The molecule has 0 aliphatic heterocycles. The zero-order chi connectivity index (χ0) is 33.7. The van der Waals surface area contributed by atoms with Crippen molar-refractivity contribution >= 4 is 10.1 Å². The standard InChI is InChI=1S/C34H67F3O3S.C3H7N/c1-2-3-4-5-6-7-8-9-10-11-12-13-14-15-16-17-18-20-23-26-29-32-40-41(38,39)33-30-27-24-21-19-22-25-28-31-34(35,36)37;1-2-3-4/h2-33H2,1H3;2H,1,3-4H2. The SMILES string of the molecule is C=CCN.CCCCCCCCCCCCCCCCCCCCCCCOS(=O)(=O)CCCCCCCCCCC(F)(F)F. The summed E-state index contributed by atoms with van der Waals surface area (Å²) >= 11 is 0. The Morgan fingerprint density at radius 1 is 0.556 bits per heavy atom. The zero-order valence-corrected chi connectivity index (χ0v) is 30.3. The maximum atomic E-state index is 12.1. The average molecular weight is 670 g/mol. The summed E-state index contributed by atoms with van der Waals surface area (Å²) in [7, 11) is -3.43. The van der Waals surface area contributed by atoms with Gasteiger partial charge in [-0.1, -0.05) is 180 Å². The third kappa shape index (κ3) is 45.6. The molecule has 8 heteroatoms. The molecule has 0 unspecified atom stereocenters. The summed E-state index contributed by atoms with van der Waals surface area (Å²) in [6.07, 6.45) is 30.7. The highest BCUT2D eigenvalue weighted by atomic mass is 32.2. The number of halogens is 3. The minimum absolute atomic E-state index is 0.0673. The quantitative estimate of drug-likeness (QED) is 0.0420. The highest BCUT2D eigenvalue weighted by molar-refractivity contribution is 7.86. The van der Waals surface area contributed by atoms with Gasteiger partial charge in [0, 0.05) is 13.0 Å². The Hall–Kier alpha value is -0.600. The van der Waals surface area contributed by atoms with Crippen molar-refractivity contribution in [3.63, 3.8) is 0 Å². The summed E-state index contributed by atoms with van der Waals surface area (Å²) in [6.45, 7) is 6.51. The monoisotopic (exact) mass is 670 g/mol. The molecule has 0 saturated heterocycles. The largest absolute Gasteiger partial charge is 0.389 e. The predicted octanol–water partition coefficient (Wildman–Crippen LogP) is 12.7. The van der Waals surface area contributed by atoms with Gasteiger partial charge in [0.15, 0.2) is 0 Å². The topological polar surface area (TPSA) is 69.4 Å². The van der Waals surface area contributed by atoms with Crippen LogP contribution >= 0.6 is 0 Å². The molecule has 0 aromatic rings. The van der Waals surface area contributed by atoms with E-state index in [2.05, 4.69) is 13.5 Å². The van der Waals surface area contributed by atoms with E-state index in [0.29, 0.717) is 26.0 Å². The van der Waals surface area contributed by atoms with Gasteiger partial charge in [0.2, 0.25) is 0 Å². The second-order valence-electron chi connectivity index (χ2n) is 12.9. The summed E-state index contributed by atoms with van der Waals surface area (Å²) in [5, 5.41) is 0. The Kier molecular flexibility index (Phi) is 37.5. The molecule has 0 radical (unpaired) electrons. The maximum Gasteiger partial charge on any atom is 0.389 e. The molecule has 2 N–H and O–H groups in total. The lowest BCUT2D eigenvalue weighted by molar-refractivity contribution is -0.135. The van der Waals surface area contributed by atoms with E-state index in [-0.39, 0.29) is 12.2 Å². The molecule has 45 heavy (non-hydrogen) atoms. The molecule has 0 atom stereocenters. The smallest absolute Gasteiger partial charge is 0.327 e. The molecule has 0 aliphatic carbocycles. The van der Waals surface area contributed by atoms with Crippen LogP contribution in [0.2, 0.25) is 0 Å². The molecular formula is C37H74F3NO3S. The molecular weight excluding hydrogens is 595 g/mol. The van der Waals surface area contributed by atoms with Crippen molar-refractivity contribution < 1.29 is 25.8 Å². The number of unbranched alkanes of at least 4 members (excludes halogenated alkanes) is 27. The van der Waals surface area contributed by atoms with Gasteiger partial charge in [-0.05, 0) is 19.3 Å². The molecule has 0 fully saturated rings. The zero-order valence-electron chi connectivity index (χ0n) is 29.5. The maximum absolute atomic E-state index is 12.1. The van der Waals surface area contributed by atoms with Gasteiger partial charge in [0.1, 0.15) is 0 Å². The first-order valence-corrected chi connectivity index (χ1v) is 20.5. The first kappa shape index (κ1) is 46.5. The first-order valence-electron chi connectivity index (χ1n) is 18.9. The summed E-state index contributed by atoms with van der Waals surface area (Å²) < 4.78 is 65.4. The van der Waals surface area contributed by atoms with Crippen LogP contribution in [-0.4, -0.2) is 33.5 Å². The molecule has 0 bridgehead atoms. The van der Waals surface area contributed by atoms with Gasteiger partial charge in [0.05, 0.1) is 12.4 Å². The van der Waals surface area contributed by atoms with E-state index in [4.69, 9.17) is 9.92 Å². The molecule has 4 nitrogen and oxygen atoms in total. The molecule has 0 aromatic heterocycles. The van der Waals surface area contributed by atoms with Gasteiger partial charge in [-0.2, -0.15) is 21.6 Å². The molecule has 0 saturated carbocycles.